The van der Waals surface area contributed by atoms with Crippen molar-refractivity contribution in [2.45, 2.75) is 5.16 Å². The van der Waals surface area contributed by atoms with Crippen molar-refractivity contribution < 1.29 is 18.8 Å². The molecule has 0 bridgehead atoms. The number of nitrogens with one attached hydrogen (secondary N) is 2. The van der Waals surface area contributed by atoms with Gasteiger partial charge in [-0.1, -0.05) is 12.1 Å². The van der Waals surface area contributed by atoms with Gasteiger partial charge in [-0.2, -0.15) is 0 Å². The van der Waals surface area contributed by atoms with Crippen LogP contribution in [-0.2, 0) is 11.8 Å². The second kappa shape index (κ2) is 6.68. The van der Waals surface area contributed by atoms with Crippen molar-refractivity contribution in [1.82, 2.24) is 4.98 Å². The van der Waals surface area contributed by atoms with Gasteiger partial charge in [0.25, 0.3) is 0 Å². The van der Waals surface area contributed by atoms with E-state index in [2.05, 4.69) is 14.9 Å². The van der Waals surface area contributed by atoms with Gasteiger partial charge >= 0.3 is 5.16 Å². The Kier molecular flexibility index (Phi) is 4.23. The normalized spacial score (nSPS) is 13.0. The van der Waals surface area contributed by atoms with Crippen molar-refractivity contribution in [3.8, 4) is 11.5 Å². The van der Waals surface area contributed by atoms with E-state index in [1.54, 1.807) is 6.07 Å². The van der Waals surface area contributed by atoms with Crippen LogP contribution in [0, 0.1) is 0 Å². The predicted molar refractivity (Wildman–Crippen MR) is 96.3 cm³/mol. The molecule has 0 unspecified atom stereocenters. The molecular formula is C18H18N3O3S+. The zero-order valence-electron chi connectivity index (χ0n) is 13.7. The van der Waals surface area contributed by atoms with Crippen LogP contribution in [0.3, 0.4) is 0 Å². The molecule has 0 aliphatic carbocycles. The van der Waals surface area contributed by atoms with Crippen LogP contribution in [-0.4, -0.2) is 29.9 Å². The molecule has 1 amide bonds. The molecule has 0 fully saturated rings. The van der Waals surface area contributed by atoms with Crippen LogP contribution >= 0.6 is 11.8 Å². The Morgan fingerprint density at radius 1 is 1.20 bits per heavy atom. The van der Waals surface area contributed by atoms with E-state index in [1.807, 2.05) is 43.4 Å². The summed E-state index contributed by atoms with van der Waals surface area (Å²) in [6.45, 7) is 1.08. The number of hydrogen-bond acceptors (Lipinski definition) is 4. The molecular weight excluding hydrogens is 338 g/mol. The van der Waals surface area contributed by atoms with Gasteiger partial charge in [0.15, 0.2) is 22.5 Å². The predicted octanol–water partition coefficient (Wildman–Crippen LogP) is 2.49. The molecule has 0 spiro atoms. The Hall–Kier alpha value is -2.67. The Labute approximate surface area is 149 Å². The minimum Gasteiger partial charge on any atom is -0.486 e. The van der Waals surface area contributed by atoms with E-state index >= 15 is 0 Å². The van der Waals surface area contributed by atoms with E-state index in [9.17, 15) is 4.79 Å². The van der Waals surface area contributed by atoms with Gasteiger partial charge < -0.3 is 14.8 Å². The molecule has 1 aliphatic rings. The van der Waals surface area contributed by atoms with E-state index in [0.717, 1.165) is 16.2 Å². The lowest BCUT2D eigenvalue weighted by atomic mass is 10.2. The summed E-state index contributed by atoms with van der Waals surface area (Å²) in [5.41, 5.74) is 2.87. The molecule has 0 saturated heterocycles. The molecule has 3 aromatic rings. The minimum absolute atomic E-state index is 0.0691. The second-order valence-electron chi connectivity index (χ2n) is 5.70. The number of rotatable bonds is 4. The maximum absolute atomic E-state index is 12.3. The third-order valence-corrected chi connectivity index (χ3v) is 5.03. The van der Waals surface area contributed by atoms with E-state index in [4.69, 9.17) is 9.47 Å². The first kappa shape index (κ1) is 15.8. The van der Waals surface area contributed by atoms with Crippen molar-refractivity contribution in [3.63, 3.8) is 0 Å². The van der Waals surface area contributed by atoms with Crippen LogP contribution in [0.15, 0.2) is 47.6 Å². The summed E-state index contributed by atoms with van der Waals surface area (Å²) in [6, 6.07) is 13.5. The third-order valence-electron chi connectivity index (χ3n) is 3.98. The first-order valence-corrected chi connectivity index (χ1v) is 8.98. The first-order valence-electron chi connectivity index (χ1n) is 8.00. The second-order valence-corrected chi connectivity index (χ2v) is 6.67. The highest BCUT2D eigenvalue weighted by atomic mass is 32.2. The lowest BCUT2D eigenvalue weighted by Crippen LogP contribution is -2.29. The van der Waals surface area contributed by atoms with Crippen molar-refractivity contribution >= 4 is 34.4 Å². The van der Waals surface area contributed by atoms with Gasteiger partial charge in [0.2, 0.25) is 5.91 Å². The van der Waals surface area contributed by atoms with Gasteiger partial charge in [0.05, 0.1) is 12.8 Å². The molecule has 25 heavy (non-hydrogen) atoms. The molecule has 1 aliphatic heterocycles. The van der Waals surface area contributed by atoms with Crippen molar-refractivity contribution in [1.29, 1.82) is 0 Å². The molecule has 0 atom stereocenters. The Morgan fingerprint density at radius 3 is 2.84 bits per heavy atom. The smallest absolute Gasteiger partial charge is 0.317 e. The van der Waals surface area contributed by atoms with Gasteiger partial charge in [-0.3, -0.25) is 4.79 Å². The maximum Gasteiger partial charge on any atom is 0.317 e. The number of nitrogens with zero attached hydrogens (tertiary/aromatic N) is 1. The average Bonchev–Trinajstić information content (AvgIpc) is 2.96. The summed E-state index contributed by atoms with van der Waals surface area (Å²) in [5.74, 6) is 1.62. The summed E-state index contributed by atoms with van der Waals surface area (Å²) in [5, 5.41) is 3.84. The largest absolute Gasteiger partial charge is 0.486 e. The lowest BCUT2D eigenvalue weighted by molar-refractivity contribution is -0.683. The zero-order valence-corrected chi connectivity index (χ0v) is 14.6. The van der Waals surface area contributed by atoms with Gasteiger partial charge in [-0.05, 0) is 36.0 Å². The molecule has 0 saturated carbocycles. The summed E-state index contributed by atoms with van der Waals surface area (Å²) in [6.07, 6.45) is 0. The number of para-hydroxylation sites is 2. The monoisotopic (exact) mass is 356 g/mol. The van der Waals surface area contributed by atoms with Gasteiger partial charge in [0, 0.05) is 11.8 Å². The van der Waals surface area contributed by atoms with Crippen LogP contribution in [0.2, 0.25) is 0 Å². The molecule has 2 N–H and O–H groups in total. The van der Waals surface area contributed by atoms with Crippen molar-refractivity contribution in [2.75, 3.05) is 24.3 Å². The van der Waals surface area contributed by atoms with Crippen molar-refractivity contribution in [2.24, 2.45) is 7.05 Å². The number of ether oxygens (including phenoxy) is 2. The number of hydrogen-bond donors (Lipinski definition) is 2. The number of H-pyrrole nitrogens is 1. The molecule has 0 radical (unpaired) electrons. The molecule has 4 rings (SSSR count). The topological polar surface area (TPSA) is 67.2 Å². The number of carbonyl (C=O) groups excluding carboxylic acids is 1. The van der Waals surface area contributed by atoms with Crippen molar-refractivity contribution in [3.05, 3.63) is 42.5 Å². The Balaban J connectivity index is 1.41. The number of thioether (sulfide) groups is 1. The maximum atomic E-state index is 12.3. The number of aromatic amines is 1. The van der Waals surface area contributed by atoms with Gasteiger partial charge in [-0.25, -0.2) is 9.55 Å². The minimum atomic E-state index is -0.0691. The van der Waals surface area contributed by atoms with E-state index in [1.165, 1.54) is 11.8 Å². The number of imidazole rings is 1. The van der Waals surface area contributed by atoms with E-state index in [0.29, 0.717) is 36.2 Å². The van der Waals surface area contributed by atoms with Gasteiger partial charge in [0.1, 0.15) is 13.2 Å². The molecule has 2 aromatic carbocycles. The van der Waals surface area contributed by atoms with Crippen LogP contribution in [0.25, 0.3) is 11.0 Å². The van der Waals surface area contributed by atoms with Crippen LogP contribution in [0.5, 0.6) is 11.5 Å². The molecule has 1 aromatic heterocycles. The molecule has 7 heteroatoms. The number of aryl methyl sites for hydroxylation is 1. The summed E-state index contributed by atoms with van der Waals surface area (Å²) >= 11 is 1.47. The standard InChI is InChI=1S/C18H17N3O3S/c1-21-14-5-3-2-4-13(14)20-18(21)25-11-17(22)19-12-6-7-15-16(10-12)24-9-8-23-15/h2-7,10H,8-9,11H2,1H3,(H,19,22)/p+1. The number of fused-ring (bicyclic) bond motifs is 2. The Bertz CT molecular complexity index is 938. The average molecular weight is 356 g/mol. The van der Waals surface area contributed by atoms with Crippen LogP contribution < -0.4 is 19.4 Å². The summed E-state index contributed by atoms with van der Waals surface area (Å²) in [7, 11) is 1.99. The molecule has 128 valence electrons. The number of aromatic nitrogens is 2. The van der Waals surface area contributed by atoms with E-state index in [-0.39, 0.29) is 5.91 Å². The SMILES string of the molecule is C[n+]1c(SCC(=O)Nc2ccc3c(c2)OCCO3)[nH]c2ccccc21. The van der Waals surface area contributed by atoms with Gasteiger partial charge in [-0.15, -0.1) is 0 Å². The fourth-order valence-corrected chi connectivity index (χ4v) is 3.58. The zero-order chi connectivity index (χ0) is 17.2. The van der Waals surface area contributed by atoms with Crippen LogP contribution in [0.4, 0.5) is 5.69 Å². The molecule has 6 nitrogen and oxygen atoms in total. The highest BCUT2D eigenvalue weighted by Gasteiger charge is 2.17. The summed E-state index contributed by atoms with van der Waals surface area (Å²) < 4.78 is 13.1. The number of amides is 1. The highest BCUT2D eigenvalue weighted by molar-refractivity contribution is 7.99. The highest BCUT2D eigenvalue weighted by Crippen LogP contribution is 2.32. The first-order chi connectivity index (χ1) is 12.2. The molecule has 2 heterocycles. The van der Waals surface area contributed by atoms with E-state index < -0.39 is 0 Å². The third kappa shape index (κ3) is 3.28. The number of anilines is 1. The number of carbonyl (C=O) groups is 1. The lowest BCUT2D eigenvalue weighted by Gasteiger charge is -2.18. The fourth-order valence-electron chi connectivity index (χ4n) is 2.77. The summed E-state index contributed by atoms with van der Waals surface area (Å²) in [4.78, 5) is 15.6. The number of benzene rings is 2. The van der Waals surface area contributed by atoms with Crippen LogP contribution in [0.1, 0.15) is 0 Å². The Morgan fingerprint density at radius 2 is 2.00 bits per heavy atom. The fraction of sp³-hybridized carbons (Fsp3) is 0.222. The quantitative estimate of drug-likeness (QED) is 0.557.